The Morgan fingerprint density at radius 1 is 1.50 bits per heavy atom. The van der Waals surface area contributed by atoms with Crippen LogP contribution >= 0.6 is 0 Å². The quantitative estimate of drug-likeness (QED) is 0.626. The molecule has 2 unspecified atom stereocenters. The average Bonchev–Trinajstić information content (AvgIpc) is 2.46. The molecule has 2 heterocycles. The SMILES string of the molecule is CCC(C)C1COC2(COC2)O1. The van der Waals surface area contributed by atoms with Gasteiger partial charge < -0.3 is 14.2 Å². The molecule has 0 aromatic heterocycles. The topological polar surface area (TPSA) is 27.7 Å². The van der Waals surface area contributed by atoms with Crippen LogP contribution in [0.5, 0.6) is 0 Å². The van der Waals surface area contributed by atoms with Crippen molar-refractivity contribution in [1.82, 2.24) is 0 Å². The summed E-state index contributed by atoms with van der Waals surface area (Å²) in [6, 6.07) is 0. The number of ether oxygens (including phenoxy) is 3. The van der Waals surface area contributed by atoms with Gasteiger partial charge in [0.1, 0.15) is 13.2 Å². The van der Waals surface area contributed by atoms with Gasteiger partial charge in [-0.2, -0.15) is 0 Å². The van der Waals surface area contributed by atoms with E-state index in [9.17, 15) is 0 Å². The molecule has 0 saturated carbocycles. The van der Waals surface area contributed by atoms with E-state index >= 15 is 0 Å². The fourth-order valence-corrected chi connectivity index (χ4v) is 1.54. The van der Waals surface area contributed by atoms with E-state index in [1.165, 1.54) is 0 Å². The summed E-state index contributed by atoms with van der Waals surface area (Å²) in [4.78, 5) is 0. The second-order valence-electron chi connectivity index (χ2n) is 3.76. The molecule has 70 valence electrons. The van der Waals surface area contributed by atoms with E-state index in [1.54, 1.807) is 0 Å². The van der Waals surface area contributed by atoms with Crippen molar-refractivity contribution < 1.29 is 14.2 Å². The highest BCUT2D eigenvalue weighted by Crippen LogP contribution is 2.33. The summed E-state index contributed by atoms with van der Waals surface area (Å²) in [5, 5.41) is 0. The number of hydrogen-bond acceptors (Lipinski definition) is 3. The highest BCUT2D eigenvalue weighted by molar-refractivity contribution is 4.86. The summed E-state index contributed by atoms with van der Waals surface area (Å²) in [6.45, 7) is 6.33. The predicted octanol–water partition coefficient (Wildman–Crippen LogP) is 1.17. The molecule has 0 bridgehead atoms. The van der Waals surface area contributed by atoms with Crippen molar-refractivity contribution in [3.63, 3.8) is 0 Å². The largest absolute Gasteiger partial charge is 0.370 e. The first-order valence-corrected chi connectivity index (χ1v) is 4.65. The average molecular weight is 172 g/mol. The molecule has 3 heteroatoms. The Hall–Kier alpha value is -0.120. The highest BCUT2D eigenvalue weighted by atomic mass is 16.8. The zero-order chi connectivity index (χ0) is 8.60. The molecule has 0 N–H and O–H groups in total. The van der Waals surface area contributed by atoms with Gasteiger partial charge in [0.05, 0.1) is 12.7 Å². The van der Waals surface area contributed by atoms with Gasteiger partial charge in [0, 0.05) is 0 Å². The zero-order valence-corrected chi connectivity index (χ0v) is 7.71. The van der Waals surface area contributed by atoms with E-state index in [0.29, 0.717) is 19.1 Å². The van der Waals surface area contributed by atoms with Gasteiger partial charge in [0.25, 0.3) is 0 Å². The van der Waals surface area contributed by atoms with Gasteiger partial charge in [-0.15, -0.1) is 0 Å². The van der Waals surface area contributed by atoms with Crippen LogP contribution in [0.15, 0.2) is 0 Å². The summed E-state index contributed by atoms with van der Waals surface area (Å²) < 4.78 is 16.4. The molecule has 2 saturated heterocycles. The third-order valence-corrected chi connectivity index (χ3v) is 2.80. The van der Waals surface area contributed by atoms with Crippen molar-refractivity contribution in [2.75, 3.05) is 19.8 Å². The van der Waals surface area contributed by atoms with Gasteiger partial charge in [0.2, 0.25) is 5.79 Å². The highest BCUT2D eigenvalue weighted by Gasteiger charge is 2.48. The molecular formula is C9H16O3. The summed E-state index contributed by atoms with van der Waals surface area (Å²) in [5.41, 5.74) is 0. The van der Waals surface area contributed by atoms with Gasteiger partial charge >= 0.3 is 0 Å². The van der Waals surface area contributed by atoms with Gasteiger partial charge in [-0.1, -0.05) is 20.3 Å². The third kappa shape index (κ3) is 1.26. The van der Waals surface area contributed by atoms with Crippen molar-refractivity contribution >= 4 is 0 Å². The number of rotatable bonds is 2. The summed E-state index contributed by atoms with van der Waals surface area (Å²) in [5.74, 6) is 0.235. The van der Waals surface area contributed by atoms with Crippen LogP contribution in [0, 0.1) is 5.92 Å². The smallest absolute Gasteiger partial charge is 0.216 e. The maximum Gasteiger partial charge on any atom is 0.216 e. The lowest BCUT2D eigenvalue weighted by Gasteiger charge is -2.36. The van der Waals surface area contributed by atoms with Crippen LogP contribution in [0.2, 0.25) is 0 Å². The molecule has 2 aliphatic heterocycles. The van der Waals surface area contributed by atoms with Crippen LogP contribution in [0.4, 0.5) is 0 Å². The molecule has 0 aromatic rings. The monoisotopic (exact) mass is 172 g/mol. The third-order valence-electron chi connectivity index (χ3n) is 2.80. The summed E-state index contributed by atoms with van der Waals surface area (Å²) in [6.07, 6.45) is 1.42. The zero-order valence-electron chi connectivity index (χ0n) is 7.71. The summed E-state index contributed by atoms with van der Waals surface area (Å²) in [7, 11) is 0. The first-order chi connectivity index (χ1) is 5.76. The molecule has 0 amide bonds. The normalized spacial score (nSPS) is 35.0. The van der Waals surface area contributed by atoms with E-state index in [4.69, 9.17) is 14.2 Å². The molecule has 3 nitrogen and oxygen atoms in total. The fraction of sp³-hybridized carbons (Fsp3) is 1.00. The molecule has 2 rings (SSSR count). The lowest BCUT2D eigenvalue weighted by molar-refractivity contribution is -0.300. The molecule has 1 spiro atoms. The van der Waals surface area contributed by atoms with Crippen LogP contribution in [0.25, 0.3) is 0 Å². The molecule has 0 aromatic carbocycles. The summed E-state index contributed by atoms with van der Waals surface area (Å²) >= 11 is 0. The molecule has 12 heavy (non-hydrogen) atoms. The fourth-order valence-electron chi connectivity index (χ4n) is 1.54. The van der Waals surface area contributed by atoms with Gasteiger partial charge in [-0.3, -0.25) is 0 Å². The van der Waals surface area contributed by atoms with Gasteiger partial charge in [-0.05, 0) is 5.92 Å². The van der Waals surface area contributed by atoms with E-state index in [1.807, 2.05) is 0 Å². The lowest BCUT2D eigenvalue weighted by Crippen LogP contribution is -2.51. The van der Waals surface area contributed by atoms with Crippen molar-refractivity contribution in [2.24, 2.45) is 5.92 Å². The molecule has 2 atom stereocenters. The Kier molecular flexibility index (Phi) is 2.10. The maximum absolute atomic E-state index is 5.79. The first kappa shape index (κ1) is 8.48. The van der Waals surface area contributed by atoms with Crippen LogP contribution in [0.1, 0.15) is 20.3 Å². The van der Waals surface area contributed by atoms with Crippen LogP contribution in [0.3, 0.4) is 0 Å². The van der Waals surface area contributed by atoms with Crippen molar-refractivity contribution in [2.45, 2.75) is 32.2 Å². The van der Waals surface area contributed by atoms with Crippen molar-refractivity contribution in [3.8, 4) is 0 Å². The van der Waals surface area contributed by atoms with E-state index < -0.39 is 0 Å². The van der Waals surface area contributed by atoms with Crippen LogP contribution in [-0.2, 0) is 14.2 Å². The van der Waals surface area contributed by atoms with Gasteiger partial charge in [0.15, 0.2) is 0 Å². The Bertz CT molecular complexity index is 165. The maximum atomic E-state index is 5.79. The van der Waals surface area contributed by atoms with Gasteiger partial charge in [-0.25, -0.2) is 0 Å². The van der Waals surface area contributed by atoms with E-state index in [2.05, 4.69) is 13.8 Å². The molecule has 0 radical (unpaired) electrons. The minimum absolute atomic E-state index is 0.277. The first-order valence-electron chi connectivity index (χ1n) is 4.65. The Morgan fingerprint density at radius 3 is 2.67 bits per heavy atom. The second-order valence-corrected chi connectivity index (χ2v) is 3.76. The predicted molar refractivity (Wildman–Crippen MR) is 43.8 cm³/mol. The van der Waals surface area contributed by atoms with Crippen LogP contribution in [-0.4, -0.2) is 31.7 Å². The van der Waals surface area contributed by atoms with Crippen molar-refractivity contribution in [3.05, 3.63) is 0 Å². The molecule has 2 fully saturated rings. The Morgan fingerprint density at radius 2 is 2.25 bits per heavy atom. The minimum Gasteiger partial charge on any atom is -0.370 e. The molecule has 0 aliphatic carbocycles. The van der Waals surface area contributed by atoms with Crippen LogP contribution < -0.4 is 0 Å². The standard InChI is InChI=1S/C9H16O3/c1-3-7(2)8-4-11-9(12-8)5-10-6-9/h7-8H,3-6H2,1-2H3. The Labute approximate surface area is 73.0 Å². The molecular weight excluding hydrogens is 156 g/mol. The van der Waals surface area contributed by atoms with Crippen molar-refractivity contribution in [1.29, 1.82) is 0 Å². The number of hydrogen-bond donors (Lipinski definition) is 0. The molecule has 2 aliphatic rings. The van der Waals surface area contributed by atoms with E-state index in [-0.39, 0.29) is 11.9 Å². The Balaban J connectivity index is 1.89. The van der Waals surface area contributed by atoms with E-state index in [0.717, 1.165) is 13.0 Å². The lowest BCUT2D eigenvalue weighted by atomic mass is 10.0. The second kappa shape index (κ2) is 2.98. The minimum atomic E-state index is -0.353.